The summed E-state index contributed by atoms with van der Waals surface area (Å²) in [4.78, 5) is 59.7. The molecule has 3 saturated heterocycles. The van der Waals surface area contributed by atoms with E-state index in [1.54, 1.807) is 24.0 Å². The number of hydrogen-bond acceptors (Lipinski definition) is 7. The van der Waals surface area contributed by atoms with Gasteiger partial charge in [-0.2, -0.15) is 0 Å². The van der Waals surface area contributed by atoms with Crippen LogP contribution in [0.3, 0.4) is 0 Å². The maximum Gasteiger partial charge on any atom is 0.313 e. The summed E-state index contributed by atoms with van der Waals surface area (Å²) in [6.07, 6.45) is 4.98. The van der Waals surface area contributed by atoms with E-state index in [-0.39, 0.29) is 54.1 Å². The number of alkyl halides is 1. The van der Waals surface area contributed by atoms with Crippen molar-refractivity contribution in [2.75, 3.05) is 13.2 Å². The molecule has 3 amide bonds. The van der Waals surface area contributed by atoms with Gasteiger partial charge in [-0.25, -0.2) is 0 Å². The lowest BCUT2D eigenvalue weighted by molar-refractivity contribution is -0.162. The largest absolute Gasteiger partial charge is 0.455 e. The van der Waals surface area contributed by atoms with Gasteiger partial charge < -0.3 is 29.7 Å². The quantitative estimate of drug-likeness (QED) is 0.122. The molecule has 3 fully saturated rings. The first-order valence-electron chi connectivity index (χ1n) is 17.7. The van der Waals surface area contributed by atoms with E-state index < -0.39 is 53.7 Å². The second-order valence-corrected chi connectivity index (χ2v) is 15.4. The highest BCUT2D eigenvalue weighted by atomic mass is 79.9. The molecule has 1 spiro atoms. The minimum Gasteiger partial charge on any atom is -0.455 e. The van der Waals surface area contributed by atoms with Gasteiger partial charge in [0.25, 0.3) is 0 Å². The van der Waals surface area contributed by atoms with Crippen molar-refractivity contribution in [1.29, 1.82) is 0 Å². The number of allylic oxidation sites excluding steroid dienone is 1. The molecule has 11 heteroatoms. The third kappa shape index (κ3) is 7.84. The molecule has 49 heavy (non-hydrogen) atoms. The molecule has 2 bridgehead atoms. The Morgan fingerprint density at radius 3 is 2.47 bits per heavy atom. The molecule has 270 valence electrons. The molecule has 4 rings (SSSR count). The van der Waals surface area contributed by atoms with Crippen LogP contribution in [0.5, 0.6) is 0 Å². The van der Waals surface area contributed by atoms with Crippen LogP contribution in [0.2, 0.25) is 0 Å². The number of halogens is 1. The minimum atomic E-state index is -1.31. The summed E-state index contributed by atoms with van der Waals surface area (Å²) in [5.74, 6) is -3.36. The van der Waals surface area contributed by atoms with Crippen molar-refractivity contribution in [3.05, 3.63) is 61.2 Å². The molecule has 2 N–H and O–H groups in total. The van der Waals surface area contributed by atoms with Crippen LogP contribution in [0.15, 0.2) is 55.6 Å². The van der Waals surface area contributed by atoms with E-state index in [2.05, 4.69) is 41.3 Å². The SMILES string of the molecule is C=CCCC(=O)N[C@H](C)[C@@H](OC(=O)[C@H]1[C@@H]2O[C@@]3(CC2Br)[C@@H]1C(=O)N([C@@H](CO)CC(C)C)[C@@H]3C(=O)N(CC=C)C(C)CCC)c1ccccc1. The number of hydrogen-bond donors (Lipinski definition) is 2. The molecular formula is C38H54BrN3O7. The van der Waals surface area contributed by atoms with E-state index in [4.69, 9.17) is 9.47 Å². The van der Waals surface area contributed by atoms with Gasteiger partial charge in [-0.3, -0.25) is 19.2 Å². The molecule has 0 radical (unpaired) electrons. The molecule has 10 atom stereocenters. The second kappa shape index (κ2) is 16.8. The summed E-state index contributed by atoms with van der Waals surface area (Å²) in [6.45, 7) is 17.4. The first-order chi connectivity index (χ1) is 23.4. The van der Waals surface area contributed by atoms with Crippen molar-refractivity contribution in [1.82, 2.24) is 15.1 Å². The third-order valence-electron chi connectivity index (χ3n) is 10.2. The molecule has 0 aliphatic carbocycles. The van der Waals surface area contributed by atoms with Gasteiger partial charge in [-0.15, -0.1) is 13.2 Å². The van der Waals surface area contributed by atoms with E-state index in [1.165, 1.54) is 4.90 Å². The van der Waals surface area contributed by atoms with Gasteiger partial charge in [0.2, 0.25) is 17.7 Å². The molecule has 3 aliphatic rings. The first-order valence-corrected chi connectivity index (χ1v) is 18.6. The number of esters is 1. The van der Waals surface area contributed by atoms with Crippen LogP contribution in [-0.4, -0.2) is 92.4 Å². The predicted molar refractivity (Wildman–Crippen MR) is 191 cm³/mol. The number of likely N-dealkylation sites (tertiary alicyclic amines) is 1. The number of nitrogens with zero attached hydrogens (tertiary/aromatic N) is 2. The number of carbonyl (C=O) groups is 4. The Bertz CT molecular complexity index is 1360. The molecule has 0 saturated carbocycles. The van der Waals surface area contributed by atoms with Crippen LogP contribution >= 0.6 is 15.9 Å². The van der Waals surface area contributed by atoms with Gasteiger partial charge >= 0.3 is 5.97 Å². The highest BCUT2D eigenvalue weighted by molar-refractivity contribution is 9.09. The molecule has 1 aromatic rings. The van der Waals surface area contributed by atoms with E-state index in [1.807, 2.05) is 51.1 Å². The van der Waals surface area contributed by atoms with Gasteiger partial charge in [0, 0.05) is 23.8 Å². The van der Waals surface area contributed by atoms with E-state index in [9.17, 15) is 24.3 Å². The number of ether oxygens (including phenoxy) is 2. The summed E-state index contributed by atoms with van der Waals surface area (Å²) in [7, 11) is 0. The molecule has 2 unspecified atom stereocenters. The molecule has 0 aromatic heterocycles. The summed E-state index contributed by atoms with van der Waals surface area (Å²) in [5, 5.41) is 13.6. The van der Waals surface area contributed by atoms with E-state index in [0.29, 0.717) is 24.8 Å². The van der Waals surface area contributed by atoms with Crippen LogP contribution < -0.4 is 5.32 Å². The van der Waals surface area contributed by atoms with Crippen molar-refractivity contribution >= 4 is 39.6 Å². The van der Waals surface area contributed by atoms with Gasteiger partial charge in [-0.1, -0.05) is 85.6 Å². The molecule has 3 heterocycles. The van der Waals surface area contributed by atoms with E-state index >= 15 is 0 Å². The number of carbonyl (C=O) groups excluding carboxylic acids is 4. The van der Waals surface area contributed by atoms with Crippen molar-refractivity contribution in [2.45, 2.75) is 120 Å². The highest BCUT2D eigenvalue weighted by Gasteiger charge is 2.77. The Morgan fingerprint density at radius 1 is 1.18 bits per heavy atom. The molecular weight excluding hydrogens is 690 g/mol. The first kappa shape index (κ1) is 38.8. The Balaban J connectivity index is 1.75. The third-order valence-corrected chi connectivity index (χ3v) is 11.1. The normalized spacial score (nSPS) is 28.0. The van der Waals surface area contributed by atoms with Crippen molar-refractivity contribution < 1.29 is 33.8 Å². The Labute approximate surface area is 299 Å². The summed E-state index contributed by atoms with van der Waals surface area (Å²) in [6, 6.07) is 6.77. The smallest absolute Gasteiger partial charge is 0.313 e. The molecule has 3 aliphatic heterocycles. The van der Waals surface area contributed by atoms with Crippen LogP contribution in [0.25, 0.3) is 0 Å². The highest BCUT2D eigenvalue weighted by Crippen LogP contribution is 2.61. The lowest BCUT2D eigenvalue weighted by atomic mass is 9.70. The topological polar surface area (TPSA) is 125 Å². The van der Waals surface area contributed by atoms with Crippen molar-refractivity contribution in [3.8, 4) is 0 Å². The van der Waals surface area contributed by atoms with Gasteiger partial charge in [-0.05, 0) is 51.0 Å². The van der Waals surface area contributed by atoms with Crippen LogP contribution in [0.1, 0.15) is 84.8 Å². The Kier molecular flexibility index (Phi) is 13.3. The molecule has 1 aromatic carbocycles. The fourth-order valence-corrected chi connectivity index (χ4v) is 9.07. The average molecular weight is 745 g/mol. The Hall–Kier alpha value is -3.02. The monoisotopic (exact) mass is 743 g/mol. The van der Waals surface area contributed by atoms with Gasteiger partial charge in [0.15, 0.2) is 0 Å². The predicted octanol–water partition coefficient (Wildman–Crippen LogP) is 5.10. The van der Waals surface area contributed by atoms with Crippen LogP contribution in [0.4, 0.5) is 0 Å². The standard InChI is InChI=1S/C38H54BrN3O7/c1-8-11-18-29(44)40-25(7)32(26-16-13-12-14-17-26)48-37(47)30-31-35(45)42(27(22-43)20-23(4)5)34(38(31)21-28(39)33(30)49-38)36(46)41(19-10-3)24(6)15-9-2/h8,10,12-14,16-17,23-25,27-28,30-34,43H,1,3,9,11,15,18-22H2,2,4-7H3,(H,40,44)/t24?,25-,27-,28?,30-,31+,32-,33-,34-,38+/m1/s1. The number of aliphatic hydroxyl groups is 1. The molecule has 10 nitrogen and oxygen atoms in total. The minimum absolute atomic E-state index is 0.124. The van der Waals surface area contributed by atoms with Crippen LogP contribution in [-0.2, 0) is 28.7 Å². The van der Waals surface area contributed by atoms with E-state index in [0.717, 1.165) is 12.8 Å². The number of aliphatic hydroxyl groups excluding tert-OH is 1. The zero-order valence-electron chi connectivity index (χ0n) is 29.6. The average Bonchev–Trinajstić information content (AvgIpc) is 3.67. The summed E-state index contributed by atoms with van der Waals surface area (Å²) < 4.78 is 13.0. The van der Waals surface area contributed by atoms with Crippen molar-refractivity contribution in [3.63, 3.8) is 0 Å². The zero-order chi connectivity index (χ0) is 36.0. The number of nitrogens with one attached hydrogen (secondary N) is 1. The number of amides is 3. The number of rotatable bonds is 18. The van der Waals surface area contributed by atoms with Gasteiger partial charge in [0.05, 0.1) is 36.6 Å². The van der Waals surface area contributed by atoms with Crippen molar-refractivity contribution in [2.24, 2.45) is 17.8 Å². The number of benzene rings is 1. The summed E-state index contributed by atoms with van der Waals surface area (Å²) >= 11 is 3.75. The van der Waals surface area contributed by atoms with Crippen LogP contribution in [0, 0.1) is 17.8 Å². The lowest BCUT2D eigenvalue weighted by Gasteiger charge is -2.41. The fraction of sp³-hybridized carbons (Fsp3) is 0.632. The fourth-order valence-electron chi connectivity index (χ4n) is 8.13. The second-order valence-electron chi connectivity index (χ2n) is 14.2. The zero-order valence-corrected chi connectivity index (χ0v) is 31.1. The maximum atomic E-state index is 14.8. The Morgan fingerprint density at radius 2 is 1.88 bits per heavy atom. The number of fused-ring (bicyclic) bond motifs is 1. The maximum absolute atomic E-state index is 14.8. The van der Waals surface area contributed by atoms with Gasteiger partial charge in [0.1, 0.15) is 17.7 Å². The lowest BCUT2D eigenvalue weighted by Crippen LogP contribution is -2.60. The summed E-state index contributed by atoms with van der Waals surface area (Å²) in [5.41, 5.74) is -0.615.